The molecule has 1 saturated heterocycles. The third-order valence-electron chi connectivity index (χ3n) is 3.51. The molecular formula is C13H20N2O4S. The summed E-state index contributed by atoms with van der Waals surface area (Å²) in [5, 5.41) is 8.96. The maximum absolute atomic E-state index is 12.4. The minimum absolute atomic E-state index is 0.0178. The molecule has 1 N–H and O–H groups in total. The highest BCUT2D eigenvalue weighted by Crippen LogP contribution is 2.19. The summed E-state index contributed by atoms with van der Waals surface area (Å²) in [4.78, 5) is 3.92. The molecule has 0 aromatic carbocycles. The lowest BCUT2D eigenvalue weighted by Gasteiger charge is -2.26. The SMILES string of the molecule is CN(CC1CCOCC1)S(=O)(=O)c1ccc(CO)cn1. The van der Waals surface area contributed by atoms with Crippen molar-refractivity contribution in [3.8, 4) is 0 Å². The maximum atomic E-state index is 12.4. The Labute approximate surface area is 119 Å². The van der Waals surface area contributed by atoms with Gasteiger partial charge in [-0.3, -0.25) is 0 Å². The molecule has 1 fully saturated rings. The summed E-state index contributed by atoms with van der Waals surface area (Å²) < 4.78 is 31.4. The van der Waals surface area contributed by atoms with Gasteiger partial charge in [-0.15, -0.1) is 0 Å². The molecule has 1 aliphatic heterocycles. The first kappa shape index (κ1) is 15.4. The van der Waals surface area contributed by atoms with Crippen molar-refractivity contribution < 1.29 is 18.3 Å². The number of pyridine rings is 1. The van der Waals surface area contributed by atoms with Crippen molar-refractivity contribution in [2.45, 2.75) is 24.5 Å². The summed E-state index contributed by atoms with van der Waals surface area (Å²) in [6.07, 6.45) is 3.16. The van der Waals surface area contributed by atoms with Gasteiger partial charge in [0.2, 0.25) is 0 Å². The number of ether oxygens (including phenoxy) is 1. The van der Waals surface area contributed by atoms with Crippen LogP contribution in [0.5, 0.6) is 0 Å². The van der Waals surface area contributed by atoms with Gasteiger partial charge in [0, 0.05) is 33.0 Å². The number of aliphatic hydroxyl groups is 1. The van der Waals surface area contributed by atoms with Gasteiger partial charge in [-0.2, -0.15) is 4.31 Å². The van der Waals surface area contributed by atoms with Crippen LogP contribution in [0.25, 0.3) is 0 Å². The fourth-order valence-corrected chi connectivity index (χ4v) is 3.36. The molecular weight excluding hydrogens is 280 g/mol. The average Bonchev–Trinajstić information content (AvgIpc) is 2.48. The van der Waals surface area contributed by atoms with E-state index in [1.807, 2.05) is 0 Å². The summed E-state index contributed by atoms with van der Waals surface area (Å²) in [6.45, 7) is 1.73. The number of aliphatic hydroxyl groups excluding tert-OH is 1. The van der Waals surface area contributed by atoms with E-state index in [0.717, 1.165) is 12.8 Å². The third-order valence-corrected chi connectivity index (χ3v) is 5.25. The molecule has 0 spiro atoms. The summed E-state index contributed by atoms with van der Waals surface area (Å²) >= 11 is 0. The Bertz CT molecular complexity index is 524. The number of sulfonamides is 1. The van der Waals surface area contributed by atoms with Gasteiger partial charge in [0.25, 0.3) is 10.0 Å². The number of aromatic nitrogens is 1. The van der Waals surface area contributed by atoms with E-state index in [0.29, 0.717) is 31.2 Å². The standard InChI is InChI=1S/C13H20N2O4S/c1-15(9-11-4-6-19-7-5-11)20(17,18)13-3-2-12(10-16)8-14-13/h2-3,8,11,16H,4-7,9-10H2,1H3. The molecule has 1 aliphatic rings. The Morgan fingerprint density at radius 3 is 2.65 bits per heavy atom. The number of nitrogens with zero attached hydrogens (tertiary/aromatic N) is 2. The number of rotatable bonds is 5. The average molecular weight is 300 g/mol. The van der Waals surface area contributed by atoms with Gasteiger partial charge >= 0.3 is 0 Å². The molecule has 0 aliphatic carbocycles. The van der Waals surface area contributed by atoms with Crippen molar-refractivity contribution in [3.05, 3.63) is 23.9 Å². The maximum Gasteiger partial charge on any atom is 0.260 e. The monoisotopic (exact) mass is 300 g/mol. The Hall–Kier alpha value is -1.02. The Morgan fingerprint density at radius 2 is 2.10 bits per heavy atom. The molecule has 0 saturated carbocycles. The second-order valence-electron chi connectivity index (χ2n) is 5.00. The zero-order chi connectivity index (χ0) is 14.6. The van der Waals surface area contributed by atoms with Gasteiger partial charge in [-0.05, 0) is 30.4 Å². The molecule has 0 amide bonds. The molecule has 2 rings (SSSR count). The van der Waals surface area contributed by atoms with Crippen molar-refractivity contribution in [3.63, 3.8) is 0 Å². The fourth-order valence-electron chi connectivity index (χ4n) is 2.21. The molecule has 7 heteroatoms. The first-order chi connectivity index (χ1) is 9.54. The van der Waals surface area contributed by atoms with E-state index >= 15 is 0 Å². The molecule has 1 aromatic rings. The summed E-state index contributed by atoms with van der Waals surface area (Å²) in [7, 11) is -1.99. The Morgan fingerprint density at radius 1 is 1.40 bits per heavy atom. The normalized spacial score (nSPS) is 17.6. The predicted octanol–water partition coefficient (Wildman–Crippen LogP) is 0.621. The minimum atomic E-state index is -3.56. The van der Waals surface area contributed by atoms with Crippen molar-refractivity contribution >= 4 is 10.0 Å². The molecule has 0 unspecified atom stereocenters. The molecule has 0 atom stereocenters. The van der Waals surface area contributed by atoms with Crippen molar-refractivity contribution in [1.82, 2.24) is 9.29 Å². The lowest BCUT2D eigenvalue weighted by atomic mass is 10.0. The second kappa shape index (κ2) is 6.62. The van der Waals surface area contributed by atoms with Gasteiger partial charge in [0.1, 0.15) is 0 Å². The summed E-state index contributed by atoms with van der Waals surface area (Å²) in [5.41, 5.74) is 0.594. The van der Waals surface area contributed by atoms with Crippen LogP contribution in [0.2, 0.25) is 0 Å². The van der Waals surface area contributed by atoms with Crippen LogP contribution in [0.4, 0.5) is 0 Å². The van der Waals surface area contributed by atoms with Crippen LogP contribution < -0.4 is 0 Å². The van der Waals surface area contributed by atoms with Crippen LogP contribution in [-0.4, -0.2) is 49.6 Å². The Kier molecular flexibility index (Phi) is 5.09. The van der Waals surface area contributed by atoms with Crippen LogP contribution in [0, 0.1) is 5.92 Å². The lowest BCUT2D eigenvalue weighted by molar-refractivity contribution is 0.0620. The van der Waals surface area contributed by atoms with E-state index < -0.39 is 10.0 Å². The highest BCUT2D eigenvalue weighted by molar-refractivity contribution is 7.89. The van der Waals surface area contributed by atoms with E-state index in [1.54, 1.807) is 13.1 Å². The number of hydrogen-bond acceptors (Lipinski definition) is 5. The molecule has 2 heterocycles. The topological polar surface area (TPSA) is 79.7 Å². The van der Waals surface area contributed by atoms with E-state index in [-0.39, 0.29) is 11.6 Å². The molecule has 6 nitrogen and oxygen atoms in total. The van der Waals surface area contributed by atoms with E-state index in [1.165, 1.54) is 16.6 Å². The van der Waals surface area contributed by atoms with Gasteiger partial charge in [-0.1, -0.05) is 6.07 Å². The van der Waals surface area contributed by atoms with E-state index in [2.05, 4.69) is 4.98 Å². The molecule has 20 heavy (non-hydrogen) atoms. The minimum Gasteiger partial charge on any atom is -0.392 e. The van der Waals surface area contributed by atoms with Crippen molar-refractivity contribution in [2.24, 2.45) is 5.92 Å². The largest absolute Gasteiger partial charge is 0.392 e. The van der Waals surface area contributed by atoms with Crippen LogP contribution in [0.3, 0.4) is 0 Å². The highest BCUT2D eigenvalue weighted by Gasteiger charge is 2.25. The third kappa shape index (κ3) is 3.54. The van der Waals surface area contributed by atoms with E-state index in [9.17, 15) is 8.42 Å². The molecule has 0 bridgehead atoms. The fraction of sp³-hybridized carbons (Fsp3) is 0.615. The number of hydrogen-bond donors (Lipinski definition) is 1. The Balaban J connectivity index is 2.07. The first-order valence-corrected chi connectivity index (χ1v) is 8.08. The smallest absolute Gasteiger partial charge is 0.260 e. The van der Waals surface area contributed by atoms with Gasteiger partial charge in [0.05, 0.1) is 6.61 Å². The zero-order valence-electron chi connectivity index (χ0n) is 11.5. The van der Waals surface area contributed by atoms with Gasteiger partial charge < -0.3 is 9.84 Å². The summed E-state index contributed by atoms with van der Waals surface area (Å²) in [6, 6.07) is 3.00. The second-order valence-corrected chi connectivity index (χ2v) is 7.00. The molecule has 112 valence electrons. The lowest BCUT2D eigenvalue weighted by Crippen LogP contribution is -2.34. The van der Waals surface area contributed by atoms with Crippen LogP contribution in [-0.2, 0) is 21.4 Å². The van der Waals surface area contributed by atoms with Crippen LogP contribution in [0.15, 0.2) is 23.4 Å². The van der Waals surface area contributed by atoms with Crippen LogP contribution >= 0.6 is 0 Å². The quantitative estimate of drug-likeness (QED) is 0.862. The zero-order valence-corrected chi connectivity index (χ0v) is 12.3. The molecule has 0 radical (unpaired) electrons. The van der Waals surface area contributed by atoms with Gasteiger partial charge in [-0.25, -0.2) is 13.4 Å². The van der Waals surface area contributed by atoms with Crippen LogP contribution in [0.1, 0.15) is 18.4 Å². The van der Waals surface area contributed by atoms with E-state index in [4.69, 9.17) is 9.84 Å². The summed E-state index contributed by atoms with van der Waals surface area (Å²) in [5.74, 6) is 0.334. The predicted molar refractivity (Wildman–Crippen MR) is 73.5 cm³/mol. The molecule has 1 aromatic heterocycles. The highest BCUT2D eigenvalue weighted by atomic mass is 32.2. The van der Waals surface area contributed by atoms with Crippen molar-refractivity contribution in [2.75, 3.05) is 26.8 Å². The van der Waals surface area contributed by atoms with Gasteiger partial charge in [0.15, 0.2) is 5.03 Å². The van der Waals surface area contributed by atoms with Crippen molar-refractivity contribution in [1.29, 1.82) is 0 Å². The first-order valence-electron chi connectivity index (χ1n) is 6.64.